The van der Waals surface area contributed by atoms with Crippen molar-refractivity contribution in [2.24, 2.45) is 28.2 Å². The number of benzene rings is 4. The zero-order chi connectivity index (χ0) is 48.5. The van der Waals surface area contributed by atoms with Crippen LogP contribution in [0.3, 0.4) is 0 Å². The Labute approximate surface area is 527 Å². The Hall–Kier alpha value is -6.44. The fourth-order valence-electron chi connectivity index (χ4n) is 8.86. The van der Waals surface area contributed by atoms with E-state index in [1.54, 1.807) is 0 Å². The predicted octanol–water partition coefficient (Wildman–Crippen LogP) is -4.59. The third kappa shape index (κ3) is 11.9. The maximum Gasteiger partial charge on any atom is 0.211 e. The van der Waals surface area contributed by atoms with Crippen LogP contribution in [0.25, 0.3) is 89.7 Å². The second-order valence-electron chi connectivity index (χ2n) is 17.5. The first-order valence-electron chi connectivity index (χ1n) is 23.0. The van der Waals surface area contributed by atoms with Crippen LogP contribution in [0.1, 0.15) is 0 Å². The van der Waals surface area contributed by atoms with Crippen LogP contribution in [0.2, 0.25) is 0 Å². The number of hydrogen-bond acceptors (Lipinski definition) is 10. The minimum absolute atomic E-state index is 0. The van der Waals surface area contributed by atoms with E-state index in [4.69, 9.17) is 58.8 Å². The van der Waals surface area contributed by atoms with E-state index in [0.29, 0.717) is 114 Å². The molecule has 2 aliphatic heterocycles. The first kappa shape index (κ1) is 59.2. The molecular weight excluding hydrogens is 1500 g/mol. The SMILES string of the molecule is C[n+]1cccc(Oc2ccc3c(c2)-c2nc-3nc3[n-]c(nc4nc(nc5[n-]c(n2)c2ccc(Oc6ccc[n+](C)c6)cc52)-c2ccc(Oc5ccc[n+](C)c5)cc2-4)c2ccc(Oc4ccc[n+](C)c4)cc32)c1.O.[Ga].[I-].[I-].[I-].[I-]. The van der Waals surface area contributed by atoms with Gasteiger partial charge in [-0.15, -0.1) is 0 Å². The van der Waals surface area contributed by atoms with Crippen molar-refractivity contribution < 1.29 is 139 Å². The maximum atomic E-state index is 6.39. The van der Waals surface area contributed by atoms with Gasteiger partial charge >= 0.3 is 0 Å². The second-order valence-corrected chi connectivity index (χ2v) is 17.5. The van der Waals surface area contributed by atoms with Crippen LogP contribution in [-0.4, -0.2) is 55.2 Å². The molecule has 0 unspecified atom stereocenters. The second kappa shape index (κ2) is 24.7. The molecule has 0 amide bonds. The van der Waals surface area contributed by atoms with Gasteiger partial charge in [0.05, 0.1) is 23.3 Å². The maximum absolute atomic E-state index is 6.39. The molecule has 0 fully saturated rings. The minimum Gasteiger partial charge on any atom is -1.00 e. The summed E-state index contributed by atoms with van der Waals surface area (Å²) in [4.78, 5) is 41.4. The standard InChI is InChI=1S/C56H40N12O4.Ga.4HI.H2O/c1-65-21-5-9-37(29-65)69-33-13-17-41-45(25-33)53-57-49(41)62-54-47-27-35(71-39-11-7-23-67(3)31-39)15-19-43(47)51(59-54)64-56-48-28-36(72-40-12-8-24-68(4)32-40)16-20-44(48)52(60-56)63-55-46-26-34(14-18-42(46)50(58-55)61-53)70-38-10-6-22-66(2)30-38;;;;;;/h5-32H,1-4H3;;4*1H;1H2/q+2;;;;;;/p-4. The van der Waals surface area contributed by atoms with E-state index in [9.17, 15) is 0 Å². The molecule has 2 aliphatic rings. The largest absolute Gasteiger partial charge is 1.00 e. The molecule has 78 heavy (non-hydrogen) atoms. The van der Waals surface area contributed by atoms with E-state index in [1.807, 2.05) is 217 Å². The average molecular weight is 1540 g/mol. The Bertz CT molecular complexity index is 3980. The summed E-state index contributed by atoms with van der Waals surface area (Å²) < 4.78 is 33.3. The van der Waals surface area contributed by atoms with Gasteiger partial charge < -0.3 is 150 Å². The summed E-state index contributed by atoms with van der Waals surface area (Å²) in [6, 6.07) is 38.4. The molecule has 22 heteroatoms. The molecule has 0 saturated heterocycles. The van der Waals surface area contributed by atoms with Gasteiger partial charge in [0.25, 0.3) is 0 Å². The van der Waals surface area contributed by atoms with Crippen molar-refractivity contribution in [1.29, 1.82) is 0 Å². The summed E-state index contributed by atoms with van der Waals surface area (Å²) in [5, 5.41) is 2.84. The van der Waals surface area contributed by atoms with Crippen molar-refractivity contribution in [2.45, 2.75) is 0 Å². The predicted molar refractivity (Wildman–Crippen MR) is 274 cm³/mol. The Morgan fingerprint density at radius 3 is 0.923 bits per heavy atom. The van der Waals surface area contributed by atoms with Crippen molar-refractivity contribution in [3.05, 3.63) is 171 Å². The van der Waals surface area contributed by atoms with Gasteiger partial charge in [-0.3, -0.25) is 0 Å². The molecule has 0 atom stereocenters. The van der Waals surface area contributed by atoms with Crippen LogP contribution >= 0.6 is 0 Å². The topological polar surface area (TPSA) is 189 Å². The molecule has 9 heterocycles. The van der Waals surface area contributed by atoms with Crippen LogP contribution in [0.15, 0.2) is 171 Å². The fraction of sp³-hybridized carbons (Fsp3) is 0.0714. The molecule has 4 aromatic carbocycles. The number of aromatic nitrogens is 12. The zero-order valence-electron chi connectivity index (χ0n) is 41.8. The molecular formula is C56H42GaI4N12O5-2. The van der Waals surface area contributed by atoms with Crippen LogP contribution in [0, 0.1) is 0 Å². The van der Waals surface area contributed by atoms with E-state index >= 15 is 0 Å². The van der Waals surface area contributed by atoms with Crippen LogP contribution in [-0.2, 0) is 28.2 Å². The van der Waals surface area contributed by atoms with Gasteiger partial charge in [-0.05, 0) is 119 Å². The van der Waals surface area contributed by atoms with Gasteiger partial charge in [0, 0.05) is 88.9 Å². The molecule has 2 N–H and O–H groups in total. The molecule has 3 radical (unpaired) electrons. The molecule has 0 spiro atoms. The number of rotatable bonds is 8. The van der Waals surface area contributed by atoms with E-state index in [2.05, 4.69) is 0 Å². The monoisotopic (exact) mass is 1540 g/mol. The van der Waals surface area contributed by atoms with Gasteiger partial charge in [-0.25, -0.2) is 28.2 Å². The van der Waals surface area contributed by atoms with Crippen molar-refractivity contribution in [3.8, 4) is 91.5 Å². The van der Waals surface area contributed by atoms with Gasteiger partial charge in [-0.1, -0.05) is 0 Å². The zero-order valence-corrected chi connectivity index (χ0v) is 52.8. The summed E-state index contributed by atoms with van der Waals surface area (Å²) in [6.07, 6.45) is 15.4. The number of hydrogen-bond donors (Lipinski definition) is 0. The quantitative estimate of drug-likeness (QED) is 0.0807. The smallest absolute Gasteiger partial charge is 0.211 e. The van der Waals surface area contributed by atoms with Gasteiger partial charge in [0.15, 0.2) is 47.8 Å². The average Bonchev–Trinajstić information content (AvgIpc) is 4.09. The molecule has 0 saturated carbocycles. The Morgan fingerprint density at radius 2 is 0.603 bits per heavy atom. The van der Waals surface area contributed by atoms with Gasteiger partial charge in [0.1, 0.15) is 51.2 Å². The number of halogens is 4. The third-order valence-corrected chi connectivity index (χ3v) is 12.2. The van der Waals surface area contributed by atoms with E-state index < -0.39 is 0 Å². The Balaban J connectivity index is 0.00000147. The molecule has 13 rings (SSSR count). The first-order valence-corrected chi connectivity index (χ1v) is 23.0. The molecule has 8 bridgehead atoms. The number of nitrogens with zero attached hydrogens (tertiary/aromatic N) is 12. The summed E-state index contributed by atoms with van der Waals surface area (Å²) in [6.45, 7) is 0. The minimum atomic E-state index is 0. The third-order valence-electron chi connectivity index (χ3n) is 12.2. The van der Waals surface area contributed by atoms with E-state index in [-0.39, 0.29) is 121 Å². The molecule has 7 aromatic heterocycles. The summed E-state index contributed by atoms with van der Waals surface area (Å²) in [5.41, 5.74) is 4.38. The molecule has 17 nitrogen and oxygen atoms in total. The number of aryl methyl sites for hydroxylation is 4. The summed E-state index contributed by atoms with van der Waals surface area (Å²) in [7, 11) is 7.78. The van der Waals surface area contributed by atoms with Crippen molar-refractivity contribution in [3.63, 3.8) is 0 Å². The summed E-state index contributed by atoms with van der Waals surface area (Å²) >= 11 is 0. The van der Waals surface area contributed by atoms with Crippen molar-refractivity contribution in [1.82, 2.24) is 39.9 Å². The normalized spacial score (nSPS) is 10.7. The first-order chi connectivity index (χ1) is 35.2. The number of pyridine rings is 4. The van der Waals surface area contributed by atoms with Crippen molar-refractivity contribution >= 4 is 63.9 Å². The van der Waals surface area contributed by atoms with E-state index in [0.717, 1.165) is 21.9 Å². The van der Waals surface area contributed by atoms with Gasteiger partial charge in [-0.2, -0.15) is 0 Å². The molecule has 0 aliphatic carbocycles. The van der Waals surface area contributed by atoms with Crippen molar-refractivity contribution in [2.75, 3.05) is 0 Å². The Kier molecular flexibility index (Phi) is 18.8. The fourth-order valence-corrected chi connectivity index (χ4v) is 8.86. The number of fused-ring (bicyclic) bond motifs is 20. The van der Waals surface area contributed by atoms with E-state index in [1.165, 1.54) is 0 Å². The van der Waals surface area contributed by atoms with Crippen LogP contribution < -0.4 is 143 Å². The molecule has 11 aromatic rings. The number of ether oxygens (including phenoxy) is 4. The van der Waals surface area contributed by atoms with Crippen LogP contribution in [0.4, 0.5) is 0 Å². The molecule has 389 valence electrons. The Morgan fingerprint density at radius 1 is 0.321 bits per heavy atom. The van der Waals surface area contributed by atoms with Crippen LogP contribution in [0.5, 0.6) is 46.0 Å². The summed E-state index contributed by atoms with van der Waals surface area (Å²) in [5.74, 6) is 6.57. The van der Waals surface area contributed by atoms with Gasteiger partial charge in [0.2, 0.25) is 24.8 Å².